The Labute approximate surface area is 176 Å². The SMILES string of the molecule is Cc1ccc(CNc2nc(NC3CC3)n3ncc(/C=C4\NC(=O)NC4=O)c3n2)cc1F. The van der Waals surface area contributed by atoms with Crippen molar-refractivity contribution in [1.29, 1.82) is 0 Å². The number of carbonyl (C=O) groups is 2. The van der Waals surface area contributed by atoms with Crippen molar-refractivity contribution in [1.82, 2.24) is 30.2 Å². The van der Waals surface area contributed by atoms with Crippen molar-refractivity contribution < 1.29 is 14.0 Å². The van der Waals surface area contributed by atoms with Crippen LogP contribution in [0.15, 0.2) is 30.1 Å². The molecule has 1 saturated heterocycles. The molecule has 3 amide bonds. The van der Waals surface area contributed by atoms with Gasteiger partial charge in [-0.15, -0.1) is 0 Å². The molecule has 0 unspecified atom stereocenters. The summed E-state index contributed by atoms with van der Waals surface area (Å²) < 4.78 is 15.4. The average molecular weight is 422 g/mol. The quantitative estimate of drug-likeness (QED) is 0.353. The first-order valence-corrected chi connectivity index (χ1v) is 9.81. The zero-order chi connectivity index (χ0) is 21.5. The third-order valence-corrected chi connectivity index (χ3v) is 5.01. The summed E-state index contributed by atoms with van der Waals surface area (Å²) in [7, 11) is 0. The van der Waals surface area contributed by atoms with Crippen LogP contribution in [0.4, 0.5) is 21.1 Å². The van der Waals surface area contributed by atoms with Gasteiger partial charge in [0.25, 0.3) is 5.91 Å². The zero-order valence-electron chi connectivity index (χ0n) is 16.6. The van der Waals surface area contributed by atoms with E-state index < -0.39 is 11.9 Å². The Morgan fingerprint density at radius 2 is 2.10 bits per heavy atom. The molecule has 1 aliphatic heterocycles. The fourth-order valence-corrected chi connectivity index (χ4v) is 3.14. The third-order valence-electron chi connectivity index (χ3n) is 5.01. The van der Waals surface area contributed by atoms with E-state index in [0.717, 1.165) is 18.4 Å². The van der Waals surface area contributed by atoms with Crippen LogP contribution in [0.3, 0.4) is 0 Å². The molecule has 0 radical (unpaired) electrons. The molecule has 31 heavy (non-hydrogen) atoms. The molecule has 1 aliphatic carbocycles. The van der Waals surface area contributed by atoms with E-state index in [9.17, 15) is 14.0 Å². The van der Waals surface area contributed by atoms with Gasteiger partial charge in [-0.3, -0.25) is 10.1 Å². The summed E-state index contributed by atoms with van der Waals surface area (Å²) in [5.74, 6) is 0.0502. The number of amides is 3. The second-order valence-electron chi connectivity index (χ2n) is 7.53. The number of halogens is 1. The molecule has 1 aromatic carbocycles. The van der Waals surface area contributed by atoms with Gasteiger partial charge in [-0.05, 0) is 43.0 Å². The summed E-state index contributed by atoms with van der Waals surface area (Å²) in [5, 5.41) is 15.4. The van der Waals surface area contributed by atoms with E-state index >= 15 is 0 Å². The van der Waals surface area contributed by atoms with E-state index in [1.54, 1.807) is 23.7 Å². The van der Waals surface area contributed by atoms with Gasteiger partial charge in [0.1, 0.15) is 11.5 Å². The molecule has 158 valence electrons. The van der Waals surface area contributed by atoms with E-state index in [2.05, 4.69) is 36.3 Å². The first kappa shape index (κ1) is 19.0. The minimum Gasteiger partial charge on any atom is -0.351 e. The number of anilines is 2. The Balaban J connectivity index is 1.48. The molecule has 2 aromatic heterocycles. The molecular formula is C20H19FN8O2. The maximum absolute atomic E-state index is 13.8. The van der Waals surface area contributed by atoms with Crippen molar-refractivity contribution in [2.24, 2.45) is 0 Å². The van der Waals surface area contributed by atoms with Gasteiger partial charge in [0.05, 0.1) is 6.20 Å². The number of carbonyl (C=O) groups excluding carboxylic acids is 2. The highest BCUT2D eigenvalue weighted by Crippen LogP contribution is 2.26. The summed E-state index contributed by atoms with van der Waals surface area (Å²) in [6, 6.07) is 4.77. The predicted molar refractivity (Wildman–Crippen MR) is 111 cm³/mol. The molecule has 5 rings (SSSR count). The van der Waals surface area contributed by atoms with Crippen molar-refractivity contribution in [3.05, 3.63) is 52.6 Å². The number of hydrogen-bond acceptors (Lipinski definition) is 7. The highest BCUT2D eigenvalue weighted by Gasteiger charge is 2.26. The number of urea groups is 1. The van der Waals surface area contributed by atoms with Crippen LogP contribution in [0.1, 0.15) is 29.5 Å². The van der Waals surface area contributed by atoms with Crippen molar-refractivity contribution in [3.8, 4) is 0 Å². The Morgan fingerprint density at radius 1 is 1.26 bits per heavy atom. The summed E-state index contributed by atoms with van der Waals surface area (Å²) in [6.45, 7) is 2.04. The van der Waals surface area contributed by atoms with E-state index in [1.165, 1.54) is 12.1 Å². The normalized spacial score (nSPS) is 17.2. The van der Waals surface area contributed by atoms with E-state index in [0.29, 0.717) is 41.3 Å². The number of benzene rings is 1. The number of imide groups is 1. The lowest BCUT2D eigenvalue weighted by Gasteiger charge is -2.10. The van der Waals surface area contributed by atoms with Crippen molar-refractivity contribution >= 4 is 35.6 Å². The van der Waals surface area contributed by atoms with E-state index in [-0.39, 0.29) is 11.5 Å². The molecule has 2 fully saturated rings. The number of nitrogens with one attached hydrogen (secondary N) is 4. The van der Waals surface area contributed by atoms with Gasteiger partial charge >= 0.3 is 6.03 Å². The van der Waals surface area contributed by atoms with Crippen LogP contribution in [0.2, 0.25) is 0 Å². The van der Waals surface area contributed by atoms with Gasteiger partial charge < -0.3 is 16.0 Å². The molecule has 0 spiro atoms. The molecule has 4 N–H and O–H groups in total. The molecule has 1 saturated carbocycles. The van der Waals surface area contributed by atoms with Gasteiger partial charge in [0, 0.05) is 18.2 Å². The molecule has 0 atom stereocenters. The van der Waals surface area contributed by atoms with Crippen molar-refractivity contribution in [2.45, 2.75) is 32.4 Å². The fourth-order valence-electron chi connectivity index (χ4n) is 3.14. The van der Waals surface area contributed by atoms with Crippen LogP contribution in [0, 0.1) is 12.7 Å². The number of fused-ring (bicyclic) bond motifs is 1. The van der Waals surface area contributed by atoms with Crippen molar-refractivity contribution in [3.63, 3.8) is 0 Å². The maximum Gasteiger partial charge on any atom is 0.326 e. The van der Waals surface area contributed by atoms with Gasteiger partial charge in [-0.25, -0.2) is 9.18 Å². The van der Waals surface area contributed by atoms with Gasteiger partial charge in [0.15, 0.2) is 5.65 Å². The molecule has 0 bridgehead atoms. The Morgan fingerprint density at radius 3 is 2.81 bits per heavy atom. The highest BCUT2D eigenvalue weighted by molar-refractivity contribution is 6.14. The summed E-state index contributed by atoms with van der Waals surface area (Å²) >= 11 is 0. The maximum atomic E-state index is 13.8. The van der Waals surface area contributed by atoms with Crippen LogP contribution >= 0.6 is 0 Å². The molecule has 2 aliphatic rings. The lowest BCUT2D eigenvalue weighted by atomic mass is 10.1. The average Bonchev–Trinajstić information content (AvgIpc) is 3.37. The minimum atomic E-state index is -0.578. The summed E-state index contributed by atoms with van der Waals surface area (Å²) in [4.78, 5) is 32.3. The van der Waals surface area contributed by atoms with Gasteiger partial charge in [0.2, 0.25) is 11.9 Å². The third kappa shape index (κ3) is 3.89. The first-order chi connectivity index (χ1) is 15.0. The molecule has 3 aromatic rings. The van der Waals surface area contributed by atoms with Crippen LogP contribution in [0.25, 0.3) is 11.7 Å². The predicted octanol–water partition coefficient (Wildman–Crippen LogP) is 1.94. The number of nitrogens with zero attached hydrogens (tertiary/aromatic N) is 4. The number of rotatable bonds is 6. The van der Waals surface area contributed by atoms with Gasteiger partial charge in [-0.2, -0.15) is 19.6 Å². The van der Waals surface area contributed by atoms with Crippen LogP contribution in [-0.4, -0.2) is 37.6 Å². The molecule has 10 nitrogen and oxygen atoms in total. The number of hydrogen-bond donors (Lipinski definition) is 4. The highest BCUT2D eigenvalue weighted by atomic mass is 19.1. The second kappa shape index (κ2) is 7.35. The molecule has 3 heterocycles. The first-order valence-electron chi connectivity index (χ1n) is 9.81. The lowest BCUT2D eigenvalue weighted by Crippen LogP contribution is -2.22. The second-order valence-corrected chi connectivity index (χ2v) is 7.53. The van der Waals surface area contributed by atoms with E-state index in [4.69, 9.17) is 0 Å². The fraction of sp³-hybridized carbons (Fsp3) is 0.250. The Kier molecular flexibility index (Phi) is 4.50. The smallest absolute Gasteiger partial charge is 0.326 e. The summed E-state index contributed by atoms with van der Waals surface area (Å²) in [6.07, 6.45) is 5.14. The standard InChI is InChI=1S/C20H19FN8O2/c1-10-2-3-11(6-14(10)21)8-22-18-26-16-12(7-15-17(30)27-20(31)25-15)9-23-29(16)19(28-18)24-13-4-5-13/h2-3,6-7,9,13H,4-5,8H2,1H3,(H2,22,24,26,28)(H2,25,27,30,31)/b15-7-. The van der Waals surface area contributed by atoms with E-state index in [1.807, 2.05) is 6.07 Å². The molecular weight excluding hydrogens is 403 g/mol. The van der Waals surface area contributed by atoms with Crippen LogP contribution in [0.5, 0.6) is 0 Å². The Hall–Kier alpha value is -4.02. The molecule has 11 heteroatoms. The number of aromatic nitrogens is 4. The summed E-state index contributed by atoms with van der Waals surface area (Å²) in [5.41, 5.74) is 2.44. The minimum absolute atomic E-state index is 0.111. The van der Waals surface area contributed by atoms with Crippen LogP contribution in [-0.2, 0) is 11.3 Å². The van der Waals surface area contributed by atoms with Gasteiger partial charge in [-0.1, -0.05) is 12.1 Å². The van der Waals surface area contributed by atoms with Crippen LogP contribution < -0.4 is 21.3 Å². The largest absolute Gasteiger partial charge is 0.351 e. The number of aryl methyl sites for hydroxylation is 1. The van der Waals surface area contributed by atoms with Crippen molar-refractivity contribution in [2.75, 3.05) is 10.6 Å². The lowest BCUT2D eigenvalue weighted by molar-refractivity contribution is -0.115. The zero-order valence-corrected chi connectivity index (χ0v) is 16.6. The monoisotopic (exact) mass is 422 g/mol. The topological polar surface area (TPSA) is 125 Å². The Bertz CT molecular complexity index is 1250.